The summed E-state index contributed by atoms with van der Waals surface area (Å²) in [5.41, 5.74) is -0.990. The first-order chi connectivity index (χ1) is 6.14. The van der Waals surface area contributed by atoms with Gasteiger partial charge in [-0.25, -0.2) is 4.79 Å². The molecule has 3 unspecified atom stereocenters. The molecular weight excluding hydrogens is 170 g/mol. The minimum absolute atomic E-state index is 0.233. The second-order valence-electron chi connectivity index (χ2n) is 4.12. The molecule has 2 saturated carbocycles. The first-order valence-electron chi connectivity index (χ1n) is 4.72. The highest BCUT2D eigenvalue weighted by Crippen LogP contribution is 2.49. The van der Waals surface area contributed by atoms with Gasteiger partial charge >= 0.3 is 6.09 Å². The Morgan fingerprint density at radius 1 is 1.62 bits per heavy atom. The summed E-state index contributed by atoms with van der Waals surface area (Å²) in [4.78, 5) is 11.0. The summed E-state index contributed by atoms with van der Waals surface area (Å²) in [6, 6.07) is 0. The Labute approximate surface area is 77.3 Å². The third-order valence-electron chi connectivity index (χ3n) is 3.32. The number of hydrogen-bond acceptors (Lipinski definition) is 3. The van der Waals surface area contributed by atoms with E-state index in [0.717, 1.165) is 12.8 Å². The molecule has 3 atom stereocenters. The normalized spacial score (nSPS) is 42.0. The third kappa shape index (κ3) is 1.39. The number of ether oxygens (including phenoxy) is 1. The number of carbonyl (C=O) groups is 1. The highest BCUT2D eigenvalue weighted by molar-refractivity contribution is 5.67. The van der Waals surface area contributed by atoms with Crippen molar-refractivity contribution in [3.63, 3.8) is 0 Å². The topological polar surface area (TPSA) is 58.6 Å². The lowest BCUT2D eigenvalue weighted by Crippen LogP contribution is -2.52. The van der Waals surface area contributed by atoms with Crippen LogP contribution in [0.4, 0.5) is 4.79 Å². The van der Waals surface area contributed by atoms with Crippen molar-refractivity contribution < 1.29 is 14.6 Å². The first-order valence-corrected chi connectivity index (χ1v) is 4.72. The lowest BCUT2D eigenvalue weighted by Gasteiger charge is -2.32. The summed E-state index contributed by atoms with van der Waals surface area (Å²) in [5.74, 6) is 0.823. The maximum atomic E-state index is 11.0. The van der Waals surface area contributed by atoms with Gasteiger partial charge in [0.25, 0.3) is 0 Å². The highest BCUT2D eigenvalue weighted by atomic mass is 16.5. The van der Waals surface area contributed by atoms with Gasteiger partial charge in [0, 0.05) is 5.92 Å². The molecule has 2 aliphatic carbocycles. The van der Waals surface area contributed by atoms with E-state index in [4.69, 9.17) is 0 Å². The van der Waals surface area contributed by atoms with Gasteiger partial charge in [0.05, 0.1) is 7.11 Å². The average molecular weight is 185 g/mol. The van der Waals surface area contributed by atoms with Crippen molar-refractivity contribution in [1.29, 1.82) is 0 Å². The molecule has 2 bridgehead atoms. The Morgan fingerprint density at radius 2 is 2.38 bits per heavy atom. The van der Waals surface area contributed by atoms with Gasteiger partial charge in [-0.05, 0) is 31.6 Å². The van der Waals surface area contributed by atoms with Crippen LogP contribution in [0.2, 0.25) is 0 Å². The fourth-order valence-corrected chi connectivity index (χ4v) is 2.68. The fraction of sp³-hybridized carbons (Fsp3) is 0.889. The van der Waals surface area contributed by atoms with Crippen LogP contribution in [-0.4, -0.2) is 24.0 Å². The van der Waals surface area contributed by atoms with E-state index in [1.54, 1.807) is 0 Å². The number of nitrogens with one attached hydrogen (secondary N) is 1. The molecule has 0 aromatic carbocycles. The van der Waals surface area contributed by atoms with Gasteiger partial charge in [0.2, 0.25) is 0 Å². The van der Waals surface area contributed by atoms with Crippen LogP contribution < -0.4 is 5.32 Å². The maximum Gasteiger partial charge on any atom is 0.409 e. The Morgan fingerprint density at radius 3 is 2.85 bits per heavy atom. The summed E-state index contributed by atoms with van der Waals surface area (Å²) in [6.07, 6.45) is 3.41. The highest BCUT2D eigenvalue weighted by Gasteiger charge is 2.51. The fourth-order valence-electron chi connectivity index (χ4n) is 2.68. The molecule has 0 aromatic heterocycles. The number of alkyl carbamates (subject to hydrolysis) is 1. The zero-order valence-electron chi connectivity index (χ0n) is 7.75. The van der Waals surface area contributed by atoms with Crippen LogP contribution in [0.3, 0.4) is 0 Å². The maximum absolute atomic E-state index is 11.0. The molecule has 0 aliphatic heterocycles. The number of amides is 1. The van der Waals surface area contributed by atoms with Crippen LogP contribution in [0.25, 0.3) is 0 Å². The van der Waals surface area contributed by atoms with Crippen LogP contribution in [-0.2, 0) is 4.74 Å². The van der Waals surface area contributed by atoms with Crippen LogP contribution in [0.5, 0.6) is 0 Å². The van der Waals surface area contributed by atoms with E-state index in [2.05, 4.69) is 10.1 Å². The van der Waals surface area contributed by atoms with E-state index in [-0.39, 0.29) is 5.92 Å². The van der Waals surface area contributed by atoms with Crippen molar-refractivity contribution in [1.82, 2.24) is 5.32 Å². The quantitative estimate of drug-likeness (QED) is 0.595. The van der Waals surface area contributed by atoms with Crippen molar-refractivity contribution in [3.8, 4) is 0 Å². The number of aliphatic hydroxyl groups is 1. The molecule has 2 aliphatic rings. The molecule has 0 aromatic rings. The van der Waals surface area contributed by atoms with Crippen molar-refractivity contribution in [2.75, 3.05) is 7.11 Å². The summed E-state index contributed by atoms with van der Waals surface area (Å²) in [6.45, 7) is 0. The second kappa shape index (κ2) is 2.87. The molecule has 4 heteroatoms. The van der Waals surface area contributed by atoms with Crippen molar-refractivity contribution in [2.24, 2.45) is 11.8 Å². The van der Waals surface area contributed by atoms with E-state index >= 15 is 0 Å². The number of carbonyl (C=O) groups excluding carboxylic acids is 1. The number of hydrogen-bond donors (Lipinski definition) is 2. The SMILES string of the molecule is COC(=O)NC1(O)CC2CCC1C2. The number of rotatable bonds is 1. The number of fused-ring (bicyclic) bond motifs is 2. The standard InChI is InChI=1S/C9H15NO3/c1-13-8(11)10-9(12)5-6-2-3-7(9)4-6/h6-7,12H,2-5H2,1H3,(H,10,11). The Bertz CT molecular complexity index is 231. The zero-order chi connectivity index (χ0) is 9.47. The predicted octanol–water partition coefficient (Wildman–Crippen LogP) is 0.851. The predicted molar refractivity (Wildman–Crippen MR) is 45.9 cm³/mol. The molecule has 0 spiro atoms. The molecule has 1 amide bonds. The van der Waals surface area contributed by atoms with Crippen molar-refractivity contribution >= 4 is 6.09 Å². The van der Waals surface area contributed by atoms with Gasteiger partial charge in [-0.2, -0.15) is 0 Å². The third-order valence-corrected chi connectivity index (χ3v) is 3.32. The van der Waals surface area contributed by atoms with E-state index in [1.807, 2.05) is 0 Å². The van der Waals surface area contributed by atoms with E-state index in [0.29, 0.717) is 12.3 Å². The van der Waals surface area contributed by atoms with Crippen LogP contribution in [0, 0.1) is 11.8 Å². The number of methoxy groups -OCH3 is 1. The molecular formula is C9H15NO3. The van der Waals surface area contributed by atoms with Crippen molar-refractivity contribution in [2.45, 2.75) is 31.4 Å². The Kier molecular flexibility index (Phi) is 1.95. The minimum Gasteiger partial charge on any atom is -0.453 e. The van der Waals surface area contributed by atoms with Crippen LogP contribution in [0.15, 0.2) is 0 Å². The largest absolute Gasteiger partial charge is 0.453 e. The van der Waals surface area contributed by atoms with Gasteiger partial charge in [0.1, 0.15) is 5.72 Å². The van der Waals surface area contributed by atoms with Gasteiger partial charge in [-0.15, -0.1) is 0 Å². The lowest BCUT2D eigenvalue weighted by molar-refractivity contribution is -0.0398. The van der Waals surface area contributed by atoms with E-state index in [1.165, 1.54) is 13.5 Å². The molecule has 13 heavy (non-hydrogen) atoms. The second-order valence-corrected chi connectivity index (χ2v) is 4.12. The van der Waals surface area contributed by atoms with Gasteiger partial charge < -0.3 is 9.84 Å². The Balaban J connectivity index is 2.01. The van der Waals surface area contributed by atoms with E-state index < -0.39 is 11.8 Å². The molecule has 2 rings (SSSR count). The van der Waals surface area contributed by atoms with Gasteiger partial charge in [-0.3, -0.25) is 5.32 Å². The summed E-state index contributed by atoms with van der Waals surface area (Å²) < 4.78 is 4.47. The molecule has 4 nitrogen and oxygen atoms in total. The van der Waals surface area contributed by atoms with Gasteiger partial charge in [-0.1, -0.05) is 0 Å². The summed E-state index contributed by atoms with van der Waals surface area (Å²) in [7, 11) is 1.31. The molecule has 2 N–H and O–H groups in total. The van der Waals surface area contributed by atoms with Crippen LogP contribution >= 0.6 is 0 Å². The monoisotopic (exact) mass is 185 g/mol. The smallest absolute Gasteiger partial charge is 0.409 e. The van der Waals surface area contributed by atoms with Gasteiger partial charge in [0.15, 0.2) is 0 Å². The first kappa shape index (κ1) is 8.81. The van der Waals surface area contributed by atoms with E-state index in [9.17, 15) is 9.90 Å². The summed E-state index contributed by atoms with van der Waals surface area (Å²) >= 11 is 0. The summed E-state index contributed by atoms with van der Waals surface area (Å²) in [5, 5.41) is 12.6. The molecule has 0 saturated heterocycles. The molecule has 0 radical (unpaired) electrons. The molecule has 2 fully saturated rings. The Hall–Kier alpha value is -0.770. The van der Waals surface area contributed by atoms with Crippen molar-refractivity contribution in [3.05, 3.63) is 0 Å². The average Bonchev–Trinajstić information content (AvgIpc) is 2.62. The zero-order valence-corrected chi connectivity index (χ0v) is 7.75. The minimum atomic E-state index is -0.990. The lowest BCUT2D eigenvalue weighted by atomic mass is 9.92. The molecule has 74 valence electrons. The van der Waals surface area contributed by atoms with Crippen LogP contribution in [0.1, 0.15) is 25.7 Å². The molecule has 0 heterocycles.